The van der Waals surface area contributed by atoms with Crippen molar-refractivity contribution in [1.82, 2.24) is 0 Å². The lowest BCUT2D eigenvalue weighted by molar-refractivity contribution is -0.161. The Labute approximate surface area is 469 Å². The minimum absolute atomic E-state index is 0.0344. The van der Waals surface area contributed by atoms with Crippen LogP contribution in [0.5, 0.6) is 0 Å². The molecule has 0 aliphatic rings. The van der Waals surface area contributed by atoms with Crippen molar-refractivity contribution in [1.29, 1.82) is 0 Å². The van der Waals surface area contributed by atoms with E-state index in [1.165, 1.54) is 0 Å². The third-order valence-electron chi connectivity index (χ3n) is 11.3. The molecule has 77 heavy (non-hydrogen) atoms. The number of carbonyl (C=O) groups excluding carboxylic acids is 2. The average molecular weight is 1080 g/mol. The van der Waals surface area contributed by atoms with E-state index in [1.807, 2.05) is 0 Å². The molecular formula is C67H104NO8P. The third kappa shape index (κ3) is 60.2. The summed E-state index contributed by atoms with van der Waals surface area (Å²) in [7, 11) is -4.42. The smallest absolute Gasteiger partial charge is 0.462 e. The highest BCUT2D eigenvalue weighted by Gasteiger charge is 2.26. The number of phosphoric acid groups is 1. The van der Waals surface area contributed by atoms with E-state index in [4.69, 9.17) is 24.3 Å². The maximum Gasteiger partial charge on any atom is 0.472 e. The van der Waals surface area contributed by atoms with Crippen molar-refractivity contribution in [3.8, 4) is 0 Å². The Hall–Kier alpha value is -4.89. The molecule has 0 saturated carbocycles. The van der Waals surface area contributed by atoms with Crippen molar-refractivity contribution in [3.63, 3.8) is 0 Å². The Morgan fingerprint density at radius 3 is 1.01 bits per heavy atom. The number of rotatable bonds is 52. The summed E-state index contributed by atoms with van der Waals surface area (Å²) < 4.78 is 33.0. The Balaban J connectivity index is 4.16. The van der Waals surface area contributed by atoms with Crippen LogP contribution < -0.4 is 5.73 Å². The second kappa shape index (κ2) is 60.3. The number of nitrogens with two attached hydrogens (primary N) is 1. The number of unbranched alkanes of at least 4 members (excludes halogenated alkanes) is 9. The van der Waals surface area contributed by atoms with E-state index in [9.17, 15) is 19.0 Å². The number of esters is 2. The van der Waals surface area contributed by atoms with Crippen LogP contribution in [-0.4, -0.2) is 49.3 Å². The highest BCUT2D eigenvalue weighted by atomic mass is 31.2. The Kier molecular flexibility index (Phi) is 56.5. The second-order valence-corrected chi connectivity index (χ2v) is 19.8. The number of phosphoric ester groups is 1. The summed E-state index contributed by atoms with van der Waals surface area (Å²) in [6.07, 6.45) is 90.8. The van der Waals surface area contributed by atoms with Crippen LogP contribution in [0.3, 0.4) is 0 Å². The molecule has 10 heteroatoms. The van der Waals surface area contributed by atoms with Gasteiger partial charge in [0.1, 0.15) is 6.61 Å². The highest BCUT2D eigenvalue weighted by Crippen LogP contribution is 2.43. The molecule has 0 bridgehead atoms. The molecular weight excluding hydrogens is 978 g/mol. The first-order valence-electron chi connectivity index (χ1n) is 29.3. The van der Waals surface area contributed by atoms with Gasteiger partial charge in [0.2, 0.25) is 0 Å². The van der Waals surface area contributed by atoms with Crippen LogP contribution in [0, 0.1) is 0 Å². The third-order valence-corrected chi connectivity index (χ3v) is 12.3. The van der Waals surface area contributed by atoms with Crippen molar-refractivity contribution < 1.29 is 37.6 Å². The largest absolute Gasteiger partial charge is 0.472 e. The number of allylic oxidation sites excluding steroid dienone is 30. The zero-order valence-electron chi connectivity index (χ0n) is 47.9. The minimum atomic E-state index is -4.42. The topological polar surface area (TPSA) is 134 Å². The van der Waals surface area contributed by atoms with Gasteiger partial charge in [0.15, 0.2) is 6.10 Å². The van der Waals surface area contributed by atoms with Gasteiger partial charge in [0.05, 0.1) is 13.2 Å². The monoisotopic (exact) mass is 1080 g/mol. The molecule has 0 rings (SSSR count). The minimum Gasteiger partial charge on any atom is -0.462 e. The second-order valence-electron chi connectivity index (χ2n) is 18.4. The molecule has 0 aromatic heterocycles. The van der Waals surface area contributed by atoms with Crippen LogP contribution in [0.15, 0.2) is 182 Å². The molecule has 2 unspecified atom stereocenters. The lowest BCUT2D eigenvalue weighted by atomic mass is 10.1. The molecule has 0 spiro atoms. The molecule has 0 aromatic carbocycles. The van der Waals surface area contributed by atoms with Gasteiger partial charge in [0.25, 0.3) is 0 Å². The van der Waals surface area contributed by atoms with Gasteiger partial charge in [-0.1, -0.05) is 228 Å². The number of ether oxygens (including phenoxy) is 2. The summed E-state index contributed by atoms with van der Waals surface area (Å²) in [5.74, 6) is -0.901. The van der Waals surface area contributed by atoms with E-state index >= 15 is 0 Å². The van der Waals surface area contributed by atoms with Crippen LogP contribution in [0.4, 0.5) is 0 Å². The molecule has 0 radical (unpaired) electrons. The van der Waals surface area contributed by atoms with Gasteiger partial charge in [-0.2, -0.15) is 0 Å². The zero-order valence-corrected chi connectivity index (χ0v) is 48.7. The first kappa shape index (κ1) is 72.1. The summed E-state index contributed by atoms with van der Waals surface area (Å²) in [5, 5.41) is 0. The van der Waals surface area contributed by atoms with Crippen LogP contribution in [0.25, 0.3) is 0 Å². The summed E-state index contributed by atoms with van der Waals surface area (Å²) in [4.78, 5) is 35.2. The SMILES string of the molecule is CC/C=C\C/C=C\C/C=C\C/C=C\C/C=C\C/C=C\C/C=C\C/C=C\CCCCCCCCC(=O)OC(COC(=O)CCCCC/C=C\C/C=C\C/C=C\C/C=C\C/C=C\C/C=C\C/C=C\CC)COP(=O)(O)OCCN. The maximum atomic E-state index is 12.7. The number of hydrogen-bond donors (Lipinski definition) is 2. The molecule has 0 fully saturated rings. The maximum absolute atomic E-state index is 12.7. The Morgan fingerprint density at radius 1 is 0.390 bits per heavy atom. The predicted molar refractivity (Wildman–Crippen MR) is 329 cm³/mol. The fourth-order valence-electron chi connectivity index (χ4n) is 7.04. The molecule has 0 saturated heterocycles. The molecule has 0 aliphatic heterocycles. The molecule has 0 amide bonds. The first-order chi connectivity index (χ1) is 37.8. The molecule has 0 aromatic rings. The fourth-order valence-corrected chi connectivity index (χ4v) is 7.81. The first-order valence-corrected chi connectivity index (χ1v) is 30.8. The van der Waals surface area contributed by atoms with Crippen LogP contribution >= 0.6 is 7.82 Å². The summed E-state index contributed by atoms with van der Waals surface area (Å²) >= 11 is 0. The van der Waals surface area contributed by atoms with E-state index in [2.05, 4.69) is 196 Å². The molecule has 2 atom stereocenters. The van der Waals surface area contributed by atoms with Crippen molar-refractivity contribution >= 4 is 19.8 Å². The van der Waals surface area contributed by atoms with E-state index < -0.39 is 32.5 Å². The van der Waals surface area contributed by atoms with E-state index in [0.29, 0.717) is 12.8 Å². The molecule has 3 N–H and O–H groups in total. The number of carbonyl (C=O) groups is 2. The van der Waals surface area contributed by atoms with Gasteiger partial charge in [0, 0.05) is 19.4 Å². The van der Waals surface area contributed by atoms with Crippen molar-refractivity contribution in [2.75, 3.05) is 26.4 Å². The van der Waals surface area contributed by atoms with Gasteiger partial charge in [-0.3, -0.25) is 18.6 Å². The lowest BCUT2D eigenvalue weighted by Crippen LogP contribution is -2.29. The summed E-state index contributed by atoms with van der Waals surface area (Å²) in [5.41, 5.74) is 5.38. The summed E-state index contributed by atoms with van der Waals surface area (Å²) in [6.45, 7) is 3.42. The van der Waals surface area contributed by atoms with Crippen LogP contribution in [0.2, 0.25) is 0 Å². The zero-order chi connectivity index (χ0) is 55.9. The van der Waals surface area contributed by atoms with Crippen molar-refractivity contribution in [2.45, 2.75) is 200 Å². The van der Waals surface area contributed by atoms with Crippen LogP contribution in [0.1, 0.15) is 194 Å². The van der Waals surface area contributed by atoms with Gasteiger partial charge in [-0.25, -0.2) is 4.57 Å². The highest BCUT2D eigenvalue weighted by molar-refractivity contribution is 7.47. The normalized spacial score (nSPS) is 14.4. The Morgan fingerprint density at radius 2 is 0.675 bits per heavy atom. The standard InChI is InChI=1S/C67H104NO8P/c1-3-5-7-9-11-13-15-17-19-21-23-25-27-29-30-31-32-33-34-36-38-40-42-44-46-48-50-52-54-56-58-60-67(70)76-65(64-75-77(71,72)74-62-61-68)63-73-66(69)59-57-55-53-51-49-47-45-43-41-39-37-35-28-26-24-22-20-18-16-14-12-10-8-6-4-2/h5-8,11-14,17-20,23-26,29-30,32-33,35-38,41-44,47,49,65H,3-4,9-10,15-16,21-22,27-28,31,34,39-40,45-46,48,50-64,68H2,1-2H3,(H,71,72)/b7-5-,8-6-,13-11-,14-12-,19-17-,20-18-,25-23-,26-24-,30-29-,33-32-,37-35-,38-36-,43-41-,44-42-,49-47-. The van der Waals surface area contributed by atoms with Gasteiger partial charge < -0.3 is 20.1 Å². The van der Waals surface area contributed by atoms with Crippen LogP contribution in [-0.2, 0) is 32.7 Å². The summed E-state index contributed by atoms with van der Waals surface area (Å²) in [6, 6.07) is 0. The quantitative estimate of drug-likeness (QED) is 0.0264. The fraction of sp³-hybridized carbons (Fsp3) is 0.522. The molecule has 9 nitrogen and oxygen atoms in total. The van der Waals surface area contributed by atoms with Gasteiger partial charge in [-0.05, 0) is 135 Å². The van der Waals surface area contributed by atoms with E-state index in [1.54, 1.807) is 0 Å². The predicted octanol–water partition coefficient (Wildman–Crippen LogP) is 18.8. The van der Waals surface area contributed by atoms with Gasteiger partial charge in [-0.15, -0.1) is 0 Å². The molecule has 0 heterocycles. The van der Waals surface area contributed by atoms with E-state index in [0.717, 1.165) is 154 Å². The van der Waals surface area contributed by atoms with Crippen molar-refractivity contribution in [3.05, 3.63) is 182 Å². The number of hydrogen-bond acceptors (Lipinski definition) is 8. The lowest BCUT2D eigenvalue weighted by Gasteiger charge is -2.19. The Bertz CT molecular complexity index is 1910. The van der Waals surface area contributed by atoms with E-state index in [-0.39, 0.29) is 32.6 Å². The molecule has 0 aliphatic carbocycles. The van der Waals surface area contributed by atoms with Crippen molar-refractivity contribution in [2.24, 2.45) is 5.73 Å². The molecule has 430 valence electrons. The average Bonchev–Trinajstić information content (AvgIpc) is 3.42. The van der Waals surface area contributed by atoms with Gasteiger partial charge >= 0.3 is 19.8 Å².